The molecular weight excluding hydrogens is 397 g/mol. The Morgan fingerprint density at radius 3 is 2.10 bits per heavy atom. The summed E-state index contributed by atoms with van der Waals surface area (Å²) in [6, 6.07) is 9.92. The Labute approximate surface area is 169 Å². The molecule has 7 nitrogen and oxygen atoms in total. The monoisotopic (exact) mass is 421 g/mol. The highest BCUT2D eigenvalue weighted by Gasteiger charge is 2.27. The first-order valence-electron chi connectivity index (χ1n) is 9.03. The van der Waals surface area contributed by atoms with Crippen LogP contribution in [0.25, 0.3) is 0 Å². The van der Waals surface area contributed by atoms with Crippen LogP contribution in [-0.4, -0.2) is 26.3 Å². The first-order chi connectivity index (χ1) is 13.6. The van der Waals surface area contributed by atoms with Gasteiger partial charge in [0.05, 0.1) is 4.90 Å². The Morgan fingerprint density at radius 2 is 1.55 bits per heavy atom. The smallest absolute Gasteiger partial charge is 0.269 e. The van der Waals surface area contributed by atoms with Crippen molar-refractivity contribution in [2.24, 2.45) is 5.92 Å². The van der Waals surface area contributed by atoms with Gasteiger partial charge in [-0.2, -0.15) is 4.72 Å². The van der Waals surface area contributed by atoms with Gasteiger partial charge in [-0.25, -0.2) is 12.8 Å². The van der Waals surface area contributed by atoms with Crippen LogP contribution in [0.3, 0.4) is 0 Å². The fourth-order valence-corrected chi connectivity index (χ4v) is 3.74. The fourth-order valence-electron chi connectivity index (χ4n) is 2.53. The summed E-state index contributed by atoms with van der Waals surface area (Å²) in [6.07, 6.45) is 0.226. The fraction of sp³-hybridized carbons (Fsp3) is 0.300. The molecule has 0 aliphatic heterocycles. The number of carbonyl (C=O) groups is 2. The highest BCUT2D eigenvalue weighted by Crippen LogP contribution is 2.13. The van der Waals surface area contributed by atoms with Crippen molar-refractivity contribution in [1.29, 1.82) is 0 Å². The van der Waals surface area contributed by atoms with E-state index in [1.54, 1.807) is 12.1 Å². The number of nitrogens with one attached hydrogen (secondary N) is 3. The van der Waals surface area contributed by atoms with Crippen molar-refractivity contribution >= 4 is 21.8 Å². The molecule has 0 saturated heterocycles. The molecule has 0 radical (unpaired) electrons. The van der Waals surface area contributed by atoms with E-state index in [-0.39, 0.29) is 22.8 Å². The molecule has 0 aliphatic rings. The van der Waals surface area contributed by atoms with E-state index in [0.29, 0.717) is 0 Å². The average molecular weight is 421 g/mol. The third kappa shape index (κ3) is 6.65. The lowest BCUT2D eigenvalue weighted by Gasteiger charge is -2.20. The average Bonchev–Trinajstić information content (AvgIpc) is 2.65. The molecule has 2 aromatic carbocycles. The van der Waals surface area contributed by atoms with Crippen LogP contribution >= 0.6 is 0 Å². The van der Waals surface area contributed by atoms with E-state index in [1.807, 2.05) is 20.8 Å². The standard InChI is InChI=1S/C20H24FN3O4S/c1-13(2)12-18(24-29(27,28)17-10-4-14(3)5-11-17)20(26)23-22-19(25)15-6-8-16(21)9-7-15/h4-11,13,18,24H,12H2,1-3H3,(H,22,25)(H,23,26)/t18-/m0/s1. The number of hydrogen-bond acceptors (Lipinski definition) is 4. The van der Waals surface area contributed by atoms with Crippen molar-refractivity contribution in [3.63, 3.8) is 0 Å². The van der Waals surface area contributed by atoms with Crippen molar-refractivity contribution in [2.75, 3.05) is 0 Å². The van der Waals surface area contributed by atoms with Gasteiger partial charge in [0.1, 0.15) is 11.9 Å². The van der Waals surface area contributed by atoms with Gasteiger partial charge in [-0.3, -0.25) is 20.4 Å². The third-order valence-corrected chi connectivity index (χ3v) is 5.55. The highest BCUT2D eigenvalue weighted by molar-refractivity contribution is 7.89. The normalized spacial score (nSPS) is 12.4. The molecule has 0 saturated carbocycles. The number of benzene rings is 2. The van der Waals surface area contributed by atoms with E-state index < -0.39 is 33.7 Å². The maximum atomic E-state index is 12.9. The van der Waals surface area contributed by atoms with E-state index in [1.165, 1.54) is 24.3 Å². The summed E-state index contributed by atoms with van der Waals surface area (Å²) in [5, 5.41) is 0. The number of carbonyl (C=O) groups excluding carboxylic acids is 2. The third-order valence-electron chi connectivity index (χ3n) is 4.06. The lowest BCUT2D eigenvalue weighted by molar-refractivity contribution is -0.123. The number of hydrogen-bond donors (Lipinski definition) is 3. The summed E-state index contributed by atoms with van der Waals surface area (Å²) in [6.45, 7) is 5.53. The Hall–Kier alpha value is -2.78. The first kappa shape index (κ1) is 22.5. The highest BCUT2D eigenvalue weighted by atomic mass is 32.2. The molecule has 29 heavy (non-hydrogen) atoms. The zero-order valence-electron chi connectivity index (χ0n) is 16.4. The number of sulfonamides is 1. The lowest BCUT2D eigenvalue weighted by atomic mass is 10.0. The maximum Gasteiger partial charge on any atom is 0.269 e. The molecule has 2 aromatic rings. The van der Waals surface area contributed by atoms with E-state index in [0.717, 1.165) is 17.7 Å². The van der Waals surface area contributed by atoms with Gasteiger partial charge >= 0.3 is 0 Å². The van der Waals surface area contributed by atoms with Crippen molar-refractivity contribution in [2.45, 2.75) is 38.1 Å². The molecule has 9 heteroatoms. The molecule has 2 rings (SSSR count). The quantitative estimate of drug-likeness (QED) is 0.597. The number of rotatable bonds is 7. The van der Waals surface area contributed by atoms with Crippen LogP contribution in [0.5, 0.6) is 0 Å². The number of hydrazine groups is 1. The second-order valence-corrected chi connectivity index (χ2v) is 8.78. The van der Waals surface area contributed by atoms with Gasteiger partial charge in [-0.05, 0) is 55.7 Å². The summed E-state index contributed by atoms with van der Waals surface area (Å²) in [5.41, 5.74) is 5.49. The molecule has 0 fully saturated rings. The Balaban J connectivity index is 2.08. The van der Waals surface area contributed by atoms with Gasteiger partial charge in [0.25, 0.3) is 11.8 Å². The van der Waals surface area contributed by atoms with Gasteiger partial charge in [0.2, 0.25) is 10.0 Å². The second-order valence-electron chi connectivity index (χ2n) is 7.07. The SMILES string of the molecule is Cc1ccc(S(=O)(=O)N[C@@H](CC(C)C)C(=O)NNC(=O)c2ccc(F)cc2)cc1. The van der Waals surface area contributed by atoms with Crippen molar-refractivity contribution in [3.05, 3.63) is 65.5 Å². The topological polar surface area (TPSA) is 104 Å². The van der Waals surface area contributed by atoms with Crippen LogP contribution in [0.1, 0.15) is 36.2 Å². The molecule has 0 unspecified atom stereocenters. The minimum atomic E-state index is -3.93. The summed E-state index contributed by atoms with van der Waals surface area (Å²) in [5.74, 6) is -1.83. The zero-order chi connectivity index (χ0) is 21.6. The van der Waals surface area contributed by atoms with Crippen molar-refractivity contribution in [3.8, 4) is 0 Å². The van der Waals surface area contributed by atoms with Gasteiger partial charge in [0, 0.05) is 5.56 Å². The van der Waals surface area contributed by atoms with Gasteiger partial charge in [-0.15, -0.1) is 0 Å². The first-order valence-corrected chi connectivity index (χ1v) is 10.5. The molecule has 0 spiro atoms. The Kier molecular flexibility index (Phi) is 7.46. The maximum absolute atomic E-state index is 12.9. The summed E-state index contributed by atoms with van der Waals surface area (Å²) < 4.78 is 40.6. The number of amides is 2. The molecule has 1 atom stereocenters. The molecule has 2 amide bonds. The van der Waals surface area contributed by atoms with Crippen LogP contribution in [0.4, 0.5) is 4.39 Å². The lowest BCUT2D eigenvalue weighted by Crippen LogP contribution is -2.52. The molecule has 0 aliphatic carbocycles. The number of aryl methyl sites for hydroxylation is 1. The molecule has 0 aromatic heterocycles. The molecule has 0 bridgehead atoms. The van der Waals surface area contributed by atoms with E-state index >= 15 is 0 Å². The zero-order valence-corrected chi connectivity index (χ0v) is 17.2. The van der Waals surface area contributed by atoms with Crippen LogP contribution in [0.15, 0.2) is 53.4 Å². The van der Waals surface area contributed by atoms with E-state index in [4.69, 9.17) is 0 Å². The number of halogens is 1. The summed E-state index contributed by atoms with van der Waals surface area (Å²) >= 11 is 0. The van der Waals surface area contributed by atoms with Gasteiger partial charge in [-0.1, -0.05) is 31.5 Å². The molecule has 3 N–H and O–H groups in total. The Bertz CT molecular complexity index is 958. The largest absolute Gasteiger partial charge is 0.271 e. The van der Waals surface area contributed by atoms with Gasteiger partial charge in [0.15, 0.2) is 0 Å². The molecular formula is C20H24FN3O4S. The molecule has 156 valence electrons. The predicted octanol–water partition coefficient (Wildman–Crippen LogP) is 2.29. The summed E-state index contributed by atoms with van der Waals surface area (Å²) in [4.78, 5) is 24.6. The predicted molar refractivity (Wildman–Crippen MR) is 107 cm³/mol. The van der Waals surface area contributed by atoms with Crippen LogP contribution in [0.2, 0.25) is 0 Å². The van der Waals surface area contributed by atoms with Gasteiger partial charge < -0.3 is 0 Å². The summed E-state index contributed by atoms with van der Waals surface area (Å²) in [7, 11) is -3.93. The van der Waals surface area contributed by atoms with Crippen LogP contribution in [-0.2, 0) is 14.8 Å². The van der Waals surface area contributed by atoms with Crippen molar-refractivity contribution in [1.82, 2.24) is 15.6 Å². The minimum absolute atomic E-state index is 0.0132. The van der Waals surface area contributed by atoms with Crippen molar-refractivity contribution < 1.29 is 22.4 Å². The van der Waals surface area contributed by atoms with Crippen LogP contribution in [0, 0.1) is 18.7 Å². The minimum Gasteiger partial charge on any atom is -0.271 e. The Morgan fingerprint density at radius 1 is 0.966 bits per heavy atom. The second kappa shape index (κ2) is 9.62. The van der Waals surface area contributed by atoms with E-state index in [9.17, 15) is 22.4 Å². The van der Waals surface area contributed by atoms with Crippen LogP contribution < -0.4 is 15.6 Å². The molecule has 0 heterocycles. The van der Waals surface area contributed by atoms with E-state index in [2.05, 4.69) is 15.6 Å².